The number of rotatable bonds is 9. The first-order valence-corrected chi connectivity index (χ1v) is 9.46. The van der Waals surface area contributed by atoms with Crippen molar-refractivity contribution in [2.75, 3.05) is 13.2 Å². The van der Waals surface area contributed by atoms with E-state index < -0.39 is 22.7 Å². The molecule has 0 amide bonds. The highest BCUT2D eigenvalue weighted by atomic mass is 16.7. The fraction of sp³-hybridized carbons (Fsp3) is 0.600. The van der Waals surface area contributed by atoms with Gasteiger partial charge in [-0.25, -0.2) is 4.99 Å². The average molecular weight is 367 g/mol. The summed E-state index contributed by atoms with van der Waals surface area (Å²) in [4.78, 5) is 8.59. The van der Waals surface area contributed by atoms with Gasteiger partial charge in [0.05, 0.1) is 25.4 Å². The van der Waals surface area contributed by atoms with Gasteiger partial charge in [0.2, 0.25) is 0 Å². The van der Waals surface area contributed by atoms with E-state index in [1.807, 2.05) is 6.07 Å². The Hall–Kier alpha value is -2.48. The smallest absolute Gasteiger partial charge is 0.293 e. The molecule has 0 aromatic carbocycles. The van der Waals surface area contributed by atoms with Crippen LogP contribution < -0.4 is 5.73 Å². The van der Waals surface area contributed by atoms with Gasteiger partial charge in [-0.2, -0.15) is 10.5 Å². The van der Waals surface area contributed by atoms with Crippen LogP contribution in [0.3, 0.4) is 0 Å². The molecule has 1 aliphatic carbocycles. The van der Waals surface area contributed by atoms with Crippen molar-refractivity contribution in [2.24, 2.45) is 21.6 Å². The Bertz CT molecular complexity index is 787. The lowest BCUT2D eigenvalue weighted by Gasteiger charge is -2.32. The molecule has 7 heteroatoms. The van der Waals surface area contributed by atoms with Gasteiger partial charge in [0, 0.05) is 18.3 Å². The molecule has 0 bridgehead atoms. The van der Waals surface area contributed by atoms with E-state index in [2.05, 4.69) is 36.0 Å². The predicted molar refractivity (Wildman–Crippen MR) is 99.1 cm³/mol. The first kappa shape index (κ1) is 19.3. The standard InChI is InChI=1S/C20H25N5O2/c1-3-5-10-26-20(27-11-6-4-2)19(14-22)16(15-8-7-9-24-12-15)18(19,13-21)17(23)25-20/h7-9,12,16H,3-6,10-11H2,1-2H3,(H2,23,25). The largest absolute Gasteiger partial charge is 0.386 e. The number of ether oxygens (including phenoxy) is 2. The lowest BCUT2D eigenvalue weighted by molar-refractivity contribution is -0.260. The number of hydrogen-bond donors (Lipinski definition) is 1. The number of nitriles is 2. The second kappa shape index (κ2) is 7.26. The molecule has 1 aliphatic heterocycles. The van der Waals surface area contributed by atoms with Crippen molar-refractivity contribution >= 4 is 5.84 Å². The molecular weight excluding hydrogens is 342 g/mol. The minimum atomic E-state index is -1.56. The van der Waals surface area contributed by atoms with Gasteiger partial charge in [0.15, 0.2) is 5.41 Å². The number of aromatic nitrogens is 1. The lowest BCUT2D eigenvalue weighted by Crippen LogP contribution is -2.44. The Morgan fingerprint density at radius 1 is 1.15 bits per heavy atom. The summed E-state index contributed by atoms with van der Waals surface area (Å²) in [5, 5.41) is 20.3. The predicted octanol–water partition coefficient (Wildman–Crippen LogP) is 2.86. The molecule has 0 spiro atoms. The van der Waals surface area contributed by atoms with Crippen molar-refractivity contribution in [3.05, 3.63) is 30.1 Å². The van der Waals surface area contributed by atoms with Crippen molar-refractivity contribution in [1.82, 2.24) is 4.98 Å². The zero-order chi connectivity index (χ0) is 19.5. The van der Waals surface area contributed by atoms with E-state index in [4.69, 9.17) is 15.2 Å². The molecule has 2 N–H and O–H groups in total. The summed E-state index contributed by atoms with van der Waals surface area (Å²) in [6.07, 6.45) is 6.77. The maximum atomic E-state index is 10.3. The van der Waals surface area contributed by atoms with E-state index in [0.717, 1.165) is 31.2 Å². The number of aliphatic imine (C=N–C) groups is 1. The number of pyridine rings is 1. The van der Waals surface area contributed by atoms with Gasteiger partial charge in [-0.3, -0.25) is 4.98 Å². The zero-order valence-corrected chi connectivity index (χ0v) is 15.8. The quantitative estimate of drug-likeness (QED) is 0.530. The van der Waals surface area contributed by atoms with Gasteiger partial charge < -0.3 is 15.2 Å². The highest BCUT2D eigenvalue weighted by Gasteiger charge is 2.93. The number of hydrogen-bond acceptors (Lipinski definition) is 7. The molecule has 1 fully saturated rings. The molecule has 3 rings (SSSR count). The van der Waals surface area contributed by atoms with Gasteiger partial charge in [0.25, 0.3) is 5.91 Å². The minimum Gasteiger partial charge on any atom is -0.386 e. The van der Waals surface area contributed by atoms with Crippen LogP contribution in [-0.4, -0.2) is 29.9 Å². The molecule has 0 saturated heterocycles. The summed E-state index contributed by atoms with van der Waals surface area (Å²) in [6, 6.07) is 8.24. The van der Waals surface area contributed by atoms with E-state index in [1.54, 1.807) is 18.5 Å². The van der Waals surface area contributed by atoms with Crippen LogP contribution in [0.5, 0.6) is 0 Å². The third-order valence-corrected chi connectivity index (χ3v) is 5.54. The molecule has 1 aromatic rings. The minimum absolute atomic E-state index is 0.105. The molecule has 1 saturated carbocycles. The van der Waals surface area contributed by atoms with Crippen LogP contribution in [0.4, 0.5) is 0 Å². The maximum absolute atomic E-state index is 10.3. The molecule has 0 radical (unpaired) electrons. The fourth-order valence-corrected chi connectivity index (χ4v) is 4.11. The van der Waals surface area contributed by atoms with Gasteiger partial charge in [-0.05, 0) is 24.5 Å². The summed E-state index contributed by atoms with van der Waals surface area (Å²) < 4.78 is 12.2. The summed E-state index contributed by atoms with van der Waals surface area (Å²) in [7, 11) is 0. The van der Waals surface area contributed by atoms with E-state index in [1.165, 1.54) is 0 Å². The molecule has 2 aliphatic rings. The number of nitrogens with two attached hydrogens (primary N) is 1. The van der Waals surface area contributed by atoms with Crippen LogP contribution >= 0.6 is 0 Å². The first-order valence-electron chi connectivity index (χ1n) is 9.46. The van der Waals surface area contributed by atoms with E-state index in [9.17, 15) is 10.5 Å². The van der Waals surface area contributed by atoms with Crippen LogP contribution in [-0.2, 0) is 9.47 Å². The second-order valence-corrected chi connectivity index (χ2v) is 7.04. The van der Waals surface area contributed by atoms with Gasteiger partial charge in [-0.1, -0.05) is 32.8 Å². The summed E-state index contributed by atoms with van der Waals surface area (Å²) >= 11 is 0. The van der Waals surface area contributed by atoms with Crippen molar-refractivity contribution in [3.63, 3.8) is 0 Å². The van der Waals surface area contributed by atoms with Crippen LogP contribution in [0.2, 0.25) is 0 Å². The van der Waals surface area contributed by atoms with Crippen LogP contribution in [0.1, 0.15) is 51.0 Å². The number of fused-ring (bicyclic) bond motifs is 1. The Morgan fingerprint density at radius 3 is 2.30 bits per heavy atom. The highest BCUT2D eigenvalue weighted by molar-refractivity contribution is 6.00. The lowest BCUT2D eigenvalue weighted by atomic mass is 9.93. The third-order valence-electron chi connectivity index (χ3n) is 5.54. The highest BCUT2D eigenvalue weighted by Crippen LogP contribution is 2.81. The monoisotopic (exact) mass is 367 g/mol. The number of amidine groups is 1. The zero-order valence-electron chi connectivity index (χ0n) is 15.8. The molecule has 142 valence electrons. The van der Waals surface area contributed by atoms with Crippen molar-refractivity contribution < 1.29 is 9.47 Å². The summed E-state index contributed by atoms with van der Waals surface area (Å²) in [6.45, 7) is 4.86. The first-order chi connectivity index (χ1) is 13.1. The van der Waals surface area contributed by atoms with Crippen LogP contribution in [0, 0.1) is 33.5 Å². The second-order valence-electron chi connectivity index (χ2n) is 7.04. The van der Waals surface area contributed by atoms with Crippen LogP contribution in [0.25, 0.3) is 0 Å². The molecule has 7 nitrogen and oxygen atoms in total. The van der Waals surface area contributed by atoms with E-state index in [0.29, 0.717) is 13.2 Å². The summed E-state index contributed by atoms with van der Waals surface area (Å²) in [5.74, 6) is -1.95. The van der Waals surface area contributed by atoms with Crippen molar-refractivity contribution in [1.29, 1.82) is 10.5 Å². The molecule has 27 heavy (non-hydrogen) atoms. The van der Waals surface area contributed by atoms with Gasteiger partial charge in [0.1, 0.15) is 11.3 Å². The number of nitrogens with zero attached hydrogens (tertiary/aromatic N) is 4. The normalized spacial score (nSPS) is 30.1. The fourth-order valence-electron chi connectivity index (χ4n) is 4.11. The van der Waals surface area contributed by atoms with Gasteiger partial charge in [-0.15, -0.1) is 0 Å². The molecule has 2 heterocycles. The van der Waals surface area contributed by atoms with E-state index in [-0.39, 0.29) is 5.84 Å². The molecular formula is C20H25N5O2. The maximum Gasteiger partial charge on any atom is 0.293 e. The SMILES string of the molecule is CCCCOC1(OCCCC)N=C(N)C2(C#N)C(c3cccnc3)C12C#N. The average Bonchev–Trinajstić information content (AvgIpc) is 3.27. The Balaban J connectivity index is 2.08. The number of unbranched alkanes of at least 4 members (excludes halogenated alkanes) is 2. The Labute approximate surface area is 159 Å². The Kier molecular flexibility index (Phi) is 5.19. The van der Waals surface area contributed by atoms with Crippen LogP contribution in [0.15, 0.2) is 29.5 Å². The molecule has 3 unspecified atom stereocenters. The summed E-state index contributed by atoms with van der Waals surface area (Å²) in [5.41, 5.74) is 4.42. The molecule has 3 atom stereocenters. The topological polar surface area (TPSA) is 117 Å². The third kappa shape index (κ3) is 2.46. The van der Waals surface area contributed by atoms with Crippen molar-refractivity contribution in [2.45, 2.75) is 51.4 Å². The van der Waals surface area contributed by atoms with Gasteiger partial charge >= 0.3 is 0 Å². The Morgan fingerprint density at radius 2 is 1.81 bits per heavy atom. The van der Waals surface area contributed by atoms with Crippen molar-refractivity contribution in [3.8, 4) is 12.1 Å². The molecule has 1 aromatic heterocycles. The van der Waals surface area contributed by atoms with E-state index >= 15 is 0 Å².